The van der Waals surface area contributed by atoms with E-state index in [0.29, 0.717) is 11.3 Å². The van der Waals surface area contributed by atoms with Crippen molar-refractivity contribution in [3.05, 3.63) is 54.1 Å². The topological polar surface area (TPSA) is 78.6 Å². The molecule has 2 aromatic carbocycles. The molecular weight excluding hydrogens is 282 g/mol. The fourth-order valence-electron chi connectivity index (χ4n) is 2.01. The molecule has 2 N–H and O–H groups in total. The Morgan fingerprint density at radius 3 is 2.55 bits per heavy atom. The van der Waals surface area contributed by atoms with Crippen molar-refractivity contribution in [3.63, 3.8) is 0 Å². The summed E-state index contributed by atoms with van der Waals surface area (Å²) in [7, 11) is 0. The molecule has 5 heteroatoms. The molecule has 5 nitrogen and oxygen atoms in total. The maximum absolute atomic E-state index is 10.9. The molecule has 0 saturated heterocycles. The van der Waals surface area contributed by atoms with Crippen molar-refractivity contribution in [1.82, 2.24) is 0 Å². The number of nitrogens with two attached hydrogens (primary N) is 1. The molecule has 0 aliphatic rings. The van der Waals surface area contributed by atoms with E-state index in [1.807, 2.05) is 42.5 Å². The van der Waals surface area contributed by atoms with E-state index in [1.165, 1.54) is 0 Å². The van der Waals surface area contributed by atoms with Gasteiger partial charge in [0.1, 0.15) is 24.7 Å². The molecule has 0 aromatic heterocycles. The van der Waals surface area contributed by atoms with Gasteiger partial charge in [-0.2, -0.15) is 0 Å². The number of primary amides is 1. The first-order valence-corrected chi connectivity index (χ1v) is 6.83. The lowest BCUT2D eigenvalue weighted by Crippen LogP contribution is -2.24. The second kappa shape index (κ2) is 7.26. The zero-order valence-corrected chi connectivity index (χ0v) is 12.2. The van der Waals surface area contributed by atoms with Crippen molar-refractivity contribution in [2.24, 2.45) is 5.73 Å². The Morgan fingerprint density at radius 1 is 1.18 bits per heavy atom. The van der Waals surface area contributed by atoms with E-state index < -0.39 is 6.09 Å². The Hall–Kier alpha value is -2.82. The molecule has 0 aliphatic heterocycles. The number of aldehydes is 1. The summed E-state index contributed by atoms with van der Waals surface area (Å²) in [6, 6.07) is 14.8. The first-order chi connectivity index (χ1) is 10.6. The van der Waals surface area contributed by atoms with Crippen molar-refractivity contribution >= 4 is 12.4 Å². The number of hydrogen-bond acceptors (Lipinski definition) is 4. The summed E-state index contributed by atoms with van der Waals surface area (Å²) >= 11 is 0. The largest absolute Gasteiger partial charge is 0.487 e. The molecule has 114 valence electrons. The highest BCUT2D eigenvalue weighted by molar-refractivity contribution is 5.79. The zero-order chi connectivity index (χ0) is 15.9. The Bertz CT molecular complexity index is 669. The number of amides is 1. The van der Waals surface area contributed by atoms with Gasteiger partial charge in [0, 0.05) is 5.56 Å². The third-order valence-corrected chi connectivity index (χ3v) is 2.99. The van der Waals surface area contributed by atoms with Crippen molar-refractivity contribution in [2.45, 2.75) is 13.0 Å². The van der Waals surface area contributed by atoms with Gasteiger partial charge in [-0.15, -0.1) is 0 Å². The molecule has 1 atom stereocenters. The molecule has 2 rings (SSSR count). The lowest BCUT2D eigenvalue weighted by Gasteiger charge is -2.15. The molecule has 1 amide bonds. The first kappa shape index (κ1) is 15.6. The van der Waals surface area contributed by atoms with Crippen LogP contribution in [0.3, 0.4) is 0 Å². The highest BCUT2D eigenvalue weighted by Gasteiger charge is 2.07. The van der Waals surface area contributed by atoms with Gasteiger partial charge < -0.3 is 15.2 Å². The summed E-state index contributed by atoms with van der Waals surface area (Å²) in [6.07, 6.45) is -0.327. The van der Waals surface area contributed by atoms with Gasteiger partial charge >= 0.3 is 6.09 Å². The molecule has 22 heavy (non-hydrogen) atoms. The highest BCUT2D eigenvalue weighted by atomic mass is 16.6. The van der Waals surface area contributed by atoms with Crippen LogP contribution in [0, 0.1) is 0 Å². The van der Waals surface area contributed by atoms with E-state index in [2.05, 4.69) is 0 Å². The molecule has 0 saturated carbocycles. The lowest BCUT2D eigenvalue weighted by atomic mass is 10.0. The molecule has 0 aliphatic carbocycles. The molecule has 1 unspecified atom stereocenters. The standard InChI is InChI=1S/C17H17NO4/c1-12(11-21-17(18)20)22-16-7-3-6-15(9-16)14-5-2-4-13(8-14)10-19/h2-10,12H,11H2,1H3,(H2,18,20). The Balaban J connectivity index is 2.12. The average molecular weight is 299 g/mol. The molecule has 0 bridgehead atoms. The van der Waals surface area contributed by atoms with Gasteiger partial charge in [-0.05, 0) is 36.2 Å². The maximum atomic E-state index is 10.9. The third kappa shape index (κ3) is 4.34. The fraction of sp³-hybridized carbons (Fsp3) is 0.176. The van der Waals surface area contributed by atoms with Crippen LogP contribution in [0.5, 0.6) is 5.75 Å². The van der Waals surface area contributed by atoms with Crippen LogP contribution in [0.25, 0.3) is 11.1 Å². The van der Waals surface area contributed by atoms with Crippen LogP contribution in [0.1, 0.15) is 17.3 Å². The molecule has 0 spiro atoms. The predicted octanol–water partition coefficient (Wildman–Crippen LogP) is 3.03. The lowest BCUT2D eigenvalue weighted by molar-refractivity contribution is 0.0964. The van der Waals surface area contributed by atoms with Crippen LogP contribution >= 0.6 is 0 Å². The van der Waals surface area contributed by atoms with Gasteiger partial charge in [-0.25, -0.2) is 4.79 Å². The van der Waals surface area contributed by atoms with E-state index in [-0.39, 0.29) is 12.7 Å². The van der Waals surface area contributed by atoms with Crippen LogP contribution in [0.2, 0.25) is 0 Å². The number of carbonyl (C=O) groups excluding carboxylic acids is 2. The molecule has 0 radical (unpaired) electrons. The summed E-state index contributed by atoms with van der Waals surface area (Å²) in [6.45, 7) is 1.86. The Morgan fingerprint density at radius 2 is 1.86 bits per heavy atom. The second-order valence-electron chi connectivity index (χ2n) is 4.83. The molecule has 0 heterocycles. The first-order valence-electron chi connectivity index (χ1n) is 6.83. The van der Waals surface area contributed by atoms with Crippen molar-refractivity contribution in [1.29, 1.82) is 0 Å². The van der Waals surface area contributed by atoms with Crippen LogP contribution in [-0.4, -0.2) is 25.1 Å². The van der Waals surface area contributed by atoms with Crippen LogP contribution in [0.15, 0.2) is 48.5 Å². The van der Waals surface area contributed by atoms with Crippen LogP contribution in [0.4, 0.5) is 4.79 Å². The monoisotopic (exact) mass is 299 g/mol. The normalized spacial score (nSPS) is 11.5. The van der Waals surface area contributed by atoms with E-state index in [4.69, 9.17) is 15.2 Å². The maximum Gasteiger partial charge on any atom is 0.404 e. The minimum absolute atomic E-state index is 0.0835. The van der Waals surface area contributed by atoms with Crippen LogP contribution < -0.4 is 10.5 Å². The van der Waals surface area contributed by atoms with Crippen molar-refractivity contribution in [2.75, 3.05) is 6.61 Å². The quantitative estimate of drug-likeness (QED) is 0.831. The number of hydrogen-bond donors (Lipinski definition) is 1. The van der Waals surface area contributed by atoms with Crippen molar-refractivity contribution in [3.8, 4) is 16.9 Å². The Kier molecular flexibility index (Phi) is 5.14. The molecular formula is C17H17NO4. The zero-order valence-electron chi connectivity index (χ0n) is 12.2. The van der Waals surface area contributed by atoms with Crippen molar-refractivity contribution < 1.29 is 19.1 Å². The van der Waals surface area contributed by atoms with Gasteiger partial charge in [-0.1, -0.05) is 30.3 Å². The summed E-state index contributed by atoms with van der Waals surface area (Å²) in [5.74, 6) is 0.648. The average Bonchev–Trinajstić information content (AvgIpc) is 2.53. The van der Waals surface area contributed by atoms with E-state index in [0.717, 1.165) is 17.4 Å². The number of carbonyl (C=O) groups is 2. The van der Waals surface area contributed by atoms with E-state index >= 15 is 0 Å². The second-order valence-corrected chi connectivity index (χ2v) is 4.83. The smallest absolute Gasteiger partial charge is 0.404 e. The SMILES string of the molecule is CC(COC(N)=O)Oc1cccc(-c2cccc(C=O)c2)c1. The Labute approximate surface area is 128 Å². The fourth-order valence-corrected chi connectivity index (χ4v) is 2.01. The van der Waals surface area contributed by atoms with Gasteiger partial charge in [0.25, 0.3) is 0 Å². The number of rotatable bonds is 6. The third-order valence-electron chi connectivity index (χ3n) is 2.99. The van der Waals surface area contributed by atoms with Gasteiger partial charge in [0.05, 0.1) is 0 Å². The van der Waals surface area contributed by atoms with Crippen LogP contribution in [-0.2, 0) is 4.74 Å². The summed E-state index contributed by atoms with van der Waals surface area (Å²) in [4.78, 5) is 21.4. The number of ether oxygens (including phenoxy) is 2. The van der Waals surface area contributed by atoms with E-state index in [9.17, 15) is 9.59 Å². The van der Waals surface area contributed by atoms with Gasteiger partial charge in [-0.3, -0.25) is 4.79 Å². The molecule has 0 fully saturated rings. The predicted molar refractivity (Wildman–Crippen MR) is 82.9 cm³/mol. The summed E-state index contributed by atoms with van der Waals surface area (Å²) in [5.41, 5.74) is 7.40. The summed E-state index contributed by atoms with van der Waals surface area (Å²) in [5, 5.41) is 0. The van der Waals surface area contributed by atoms with Gasteiger partial charge in [0.2, 0.25) is 0 Å². The highest BCUT2D eigenvalue weighted by Crippen LogP contribution is 2.25. The van der Waals surface area contributed by atoms with E-state index in [1.54, 1.807) is 13.0 Å². The molecule has 2 aromatic rings. The minimum Gasteiger partial charge on any atom is -0.487 e. The summed E-state index contributed by atoms with van der Waals surface area (Å²) < 4.78 is 10.4. The minimum atomic E-state index is -0.824. The van der Waals surface area contributed by atoms with Gasteiger partial charge in [0.15, 0.2) is 0 Å². The number of benzene rings is 2.